The van der Waals surface area contributed by atoms with E-state index in [-0.39, 0.29) is 11.1 Å². The second-order valence-corrected chi connectivity index (χ2v) is 6.27. The van der Waals surface area contributed by atoms with Gasteiger partial charge in [0.15, 0.2) is 5.82 Å². The van der Waals surface area contributed by atoms with Gasteiger partial charge in [0.25, 0.3) is 0 Å². The van der Waals surface area contributed by atoms with Crippen LogP contribution in [0.2, 0.25) is 0 Å². The average Bonchev–Trinajstić information content (AvgIpc) is 3.03. The third-order valence-electron chi connectivity index (χ3n) is 3.10. The topological polar surface area (TPSA) is 54.2 Å². The molecule has 0 bridgehead atoms. The maximum absolute atomic E-state index is 9.39. The Labute approximate surface area is 118 Å². The van der Waals surface area contributed by atoms with Crippen LogP contribution in [0.4, 0.5) is 0 Å². The lowest BCUT2D eigenvalue weighted by Crippen LogP contribution is -2.29. The van der Waals surface area contributed by atoms with Crippen LogP contribution < -0.4 is 5.01 Å². The molecule has 7 heteroatoms. The molecule has 19 heavy (non-hydrogen) atoms. The summed E-state index contributed by atoms with van der Waals surface area (Å²) in [7, 11) is 0. The third-order valence-corrected chi connectivity index (χ3v) is 5.29. The Morgan fingerprint density at radius 3 is 2.79 bits per heavy atom. The fourth-order valence-corrected chi connectivity index (χ4v) is 4.50. The summed E-state index contributed by atoms with van der Waals surface area (Å²) in [5.74, 6) is 1.18. The molecule has 1 atom stereocenters. The predicted octanol–water partition coefficient (Wildman–Crippen LogP) is 2.58. The van der Waals surface area contributed by atoms with Crippen LogP contribution in [-0.4, -0.2) is 20.0 Å². The molecule has 0 fully saturated rings. The number of rotatable bonds is 1. The summed E-state index contributed by atoms with van der Waals surface area (Å²) in [6, 6.07) is 7.34. The van der Waals surface area contributed by atoms with Gasteiger partial charge in [-0.25, -0.2) is 4.68 Å². The highest BCUT2D eigenvalue weighted by atomic mass is 32.2. The quantitative estimate of drug-likeness (QED) is 0.871. The van der Waals surface area contributed by atoms with Crippen molar-refractivity contribution in [3.8, 4) is 5.75 Å². The average molecular weight is 290 g/mol. The van der Waals surface area contributed by atoms with Crippen LogP contribution in [-0.2, 0) is 0 Å². The first kappa shape index (κ1) is 11.2. The number of phenolic OH excluding ortho intramolecular Hbond substituents is 1. The van der Waals surface area contributed by atoms with Crippen molar-refractivity contribution in [3.05, 3.63) is 46.1 Å². The van der Waals surface area contributed by atoms with Gasteiger partial charge < -0.3 is 5.11 Å². The molecule has 0 radical (unpaired) electrons. The number of phenols is 1. The van der Waals surface area contributed by atoms with Gasteiger partial charge in [-0.15, -0.1) is 10.2 Å². The van der Waals surface area contributed by atoms with E-state index < -0.39 is 0 Å². The molecule has 2 aromatic rings. The van der Waals surface area contributed by atoms with Crippen molar-refractivity contribution in [2.24, 2.45) is 0 Å². The minimum Gasteiger partial charge on any atom is -0.508 e. The smallest absolute Gasteiger partial charge is 0.216 e. The molecule has 2 aliphatic heterocycles. The van der Waals surface area contributed by atoms with Crippen molar-refractivity contribution in [1.29, 1.82) is 0 Å². The summed E-state index contributed by atoms with van der Waals surface area (Å²) >= 11 is 3.39. The molecule has 0 saturated carbocycles. The lowest BCUT2D eigenvalue weighted by atomic mass is 10.2. The van der Waals surface area contributed by atoms with Gasteiger partial charge in [-0.3, -0.25) is 5.01 Å². The number of aryl methyl sites for hydroxylation is 1. The van der Waals surface area contributed by atoms with E-state index in [0.29, 0.717) is 0 Å². The molecule has 5 nitrogen and oxygen atoms in total. The van der Waals surface area contributed by atoms with E-state index in [1.54, 1.807) is 35.7 Å². The molecule has 1 N–H and O–H groups in total. The normalized spacial score (nSPS) is 20.4. The lowest BCUT2D eigenvalue weighted by Gasteiger charge is -2.25. The zero-order valence-electron chi connectivity index (χ0n) is 10.0. The summed E-state index contributed by atoms with van der Waals surface area (Å²) in [6.45, 7) is 1.96. The number of fused-ring (bicyclic) bond motifs is 3. The molecule has 3 heterocycles. The summed E-state index contributed by atoms with van der Waals surface area (Å²) in [5, 5.41) is 24.3. The van der Waals surface area contributed by atoms with Crippen molar-refractivity contribution in [2.45, 2.75) is 17.5 Å². The van der Waals surface area contributed by atoms with Crippen LogP contribution in [0, 0.1) is 6.92 Å². The van der Waals surface area contributed by atoms with E-state index in [2.05, 4.69) is 20.6 Å². The van der Waals surface area contributed by atoms with Crippen LogP contribution >= 0.6 is 23.5 Å². The van der Waals surface area contributed by atoms with Crippen molar-refractivity contribution in [2.75, 3.05) is 5.01 Å². The minimum atomic E-state index is 0.166. The van der Waals surface area contributed by atoms with E-state index in [4.69, 9.17) is 0 Å². The van der Waals surface area contributed by atoms with Crippen LogP contribution in [0.25, 0.3) is 0 Å². The second kappa shape index (κ2) is 3.94. The lowest BCUT2D eigenvalue weighted by molar-refractivity contribution is 0.475. The van der Waals surface area contributed by atoms with Gasteiger partial charge in [-0.05, 0) is 36.4 Å². The number of hydrogen-bond acceptors (Lipinski definition) is 6. The summed E-state index contributed by atoms with van der Waals surface area (Å²) in [4.78, 5) is 0. The van der Waals surface area contributed by atoms with Crippen molar-refractivity contribution in [1.82, 2.24) is 14.9 Å². The number of hydrogen-bond donors (Lipinski definition) is 1. The highest BCUT2D eigenvalue weighted by Gasteiger charge is 2.38. The van der Waals surface area contributed by atoms with Crippen LogP contribution in [0.1, 0.15) is 16.8 Å². The highest BCUT2D eigenvalue weighted by Crippen LogP contribution is 2.51. The van der Waals surface area contributed by atoms with E-state index in [1.165, 1.54) is 5.03 Å². The van der Waals surface area contributed by atoms with E-state index in [1.807, 2.05) is 23.7 Å². The molecule has 1 aromatic heterocycles. The zero-order valence-corrected chi connectivity index (χ0v) is 11.6. The third kappa shape index (κ3) is 1.58. The fourth-order valence-electron chi connectivity index (χ4n) is 2.23. The zero-order chi connectivity index (χ0) is 13.0. The largest absolute Gasteiger partial charge is 0.508 e. The Balaban J connectivity index is 1.77. The van der Waals surface area contributed by atoms with Crippen molar-refractivity contribution >= 4 is 23.5 Å². The van der Waals surface area contributed by atoms with E-state index in [9.17, 15) is 5.11 Å². The number of thioether (sulfide) groups is 2. The van der Waals surface area contributed by atoms with Crippen LogP contribution in [0.5, 0.6) is 5.75 Å². The van der Waals surface area contributed by atoms with Gasteiger partial charge in [0.1, 0.15) is 16.2 Å². The van der Waals surface area contributed by atoms with Crippen molar-refractivity contribution in [3.63, 3.8) is 0 Å². The molecular weight excluding hydrogens is 280 g/mol. The second-order valence-electron chi connectivity index (χ2n) is 4.32. The molecular formula is C12H10N4OS2. The van der Waals surface area contributed by atoms with Gasteiger partial charge in [0.2, 0.25) is 5.16 Å². The first-order chi connectivity index (χ1) is 9.24. The fraction of sp³-hybridized carbons (Fsp3) is 0.167. The van der Waals surface area contributed by atoms with Gasteiger partial charge in [0.05, 0.1) is 0 Å². The molecule has 0 spiro atoms. The Morgan fingerprint density at radius 2 is 2.00 bits per heavy atom. The number of aromatic hydroxyl groups is 1. The Bertz CT molecular complexity index is 680. The maximum atomic E-state index is 9.39. The minimum absolute atomic E-state index is 0.166. The molecule has 4 rings (SSSR count). The molecule has 0 aliphatic carbocycles. The standard InChI is InChI=1S/C12H10N4OS2/c1-7-13-14-12-15(7)16-10(19-12)6-18-11(16)8-2-4-9(17)5-3-8/h2-6,11,17H,1H3. The maximum Gasteiger partial charge on any atom is 0.216 e. The van der Waals surface area contributed by atoms with E-state index in [0.717, 1.165) is 16.5 Å². The van der Waals surface area contributed by atoms with Gasteiger partial charge >= 0.3 is 0 Å². The predicted molar refractivity (Wildman–Crippen MR) is 75.4 cm³/mol. The molecule has 96 valence electrons. The molecule has 0 saturated heterocycles. The molecule has 2 aliphatic rings. The Hall–Kier alpha value is -1.60. The number of aromatic nitrogens is 3. The number of nitrogens with zero attached hydrogens (tertiary/aromatic N) is 4. The van der Waals surface area contributed by atoms with E-state index >= 15 is 0 Å². The SMILES string of the molecule is Cc1nnc2n1N1C(=CSC1c1ccc(O)cc1)S2. The van der Waals surface area contributed by atoms with Crippen molar-refractivity contribution < 1.29 is 5.11 Å². The van der Waals surface area contributed by atoms with Gasteiger partial charge in [-0.2, -0.15) is 0 Å². The first-order valence-corrected chi connectivity index (χ1v) is 7.54. The van der Waals surface area contributed by atoms with Gasteiger partial charge in [0, 0.05) is 5.41 Å². The number of benzene rings is 1. The summed E-state index contributed by atoms with van der Waals surface area (Å²) in [6.07, 6.45) is 0. The van der Waals surface area contributed by atoms with Crippen LogP contribution in [0.15, 0.2) is 39.9 Å². The first-order valence-electron chi connectivity index (χ1n) is 5.78. The highest BCUT2D eigenvalue weighted by molar-refractivity contribution is 8.07. The summed E-state index contributed by atoms with van der Waals surface area (Å²) < 4.78 is 2.05. The Kier molecular flexibility index (Phi) is 2.33. The van der Waals surface area contributed by atoms with Crippen LogP contribution in [0.3, 0.4) is 0 Å². The molecule has 0 amide bonds. The summed E-state index contributed by atoms with van der Waals surface area (Å²) in [5.41, 5.74) is 1.15. The molecule has 1 unspecified atom stereocenters. The van der Waals surface area contributed by atoms with Gasteiger partial charge in [-0.1, -0.05) is 23.9 Å². The molecule has 1 aromatic carbocycles. The monoisotopic (exact) mass is 290 g/mol. The Morgan fingerprint density at radius 1 is 1.21 bits per heavy atom.